The topological polar surface area (TPSA) is 46.5 Å². The van der Waals surface area contributed by atoms with E-state index in [-0.39, 0.29) is 11.9 Å². The van der Waals surface area contributed by atoms with E-state index >= 15 is 0 Å². The van der Waals surface area contributed by atoms with Gasteiger partial charge >= 0.3 is 5.97 Å². The minimum absolute atomic E-state index is 0.145. The molecule has 21 heavy (non-hydrogen) atoms. The van der Waals surface area contributed by atoms with Crippen molar-refractivity contribution < 1.29 is 14.6 Å². The van der Waals surface area contributed by atoms with Crippen molar-refractivity contribution in [1.29, 1.82) is 0 Å². The quantitative estimate of drug-likeness (QED) is 0.860. The molecule has 106 valence electrons. The van der Waals surface area contributed by atoms with Crippen LogP contribution >= 0.6 is 0 Å². The molecule has 0 aromatic heterocycles. The first-order chi connectivity index (χ1) is 10.3. The van der Waals surface area contributed by atoms with Crippen molar-refractivity contribution in [2.24, 2.45) is 5.92 Å². The summed E-state index contributed by atoms with van der Waals surface area (Å²) in [4.78, 5) is 11.8. The van der Waals surface area contributed by atoms with E-state index in [1.54, 1.807) is 0 Å². The molecule has 1 heterocycles. The van der Waals surface area contributed by atoms with Gasteiger partial charge in [0.1, 0.15) is 0 Å². The second-order valence-corrected chi connectivity index (χ2v) is 5.71. The van der Waals surface area contributed by atoms with Gasteiger partial charge in [0.05, 0.1) is 18.6 Å². The fourth-order valence-electron chi connectivity index (χ4n) is 3.62. The van der Waals surface area contributed by atoms with Crippen molar-refractivity contribution >= 4 is 5.97 Å². The summed E-state index contributed by atoms with van der Waals surface area (Å²) in [6.45, 7) is 0.413. The molecule has 3 nitrogen and oxygen atoms in total. The maximum absolute atomic E-state index is 11.8. The maximum Gasteiger partial charge on any atom is 0.311 e. The Morgan fingerprint density at radius 3 is 2.10 bits per heavy atom. The van der Waals surface area contributed by atoms with Crippen LogP contribution in [-0.4, -0.2) is 23.8 Å². The summed E-state index contributed by atoms with van der Waals surface area (Å²) in [5, 5.41) is 10.8. The van der Waals surface area contributed by atoms with Crippen LogP contribution in [0.15, 0.2) is 48.5 Å². The van der Waals surface area contributed by atoms with Crippen LogP contribution < -0.4 is 0 Å². The highest BCUT2D eigenvalue weighted by Gasteiger charge is 2.42. The van der Waals surface area contributed by atoms with E-state index in [0.717, 1.165) is 22.3 Å². The van der Waals surface area contributed by atoms with Crippen molar-refractivity contribution in [2.75, 3.05) is 6.61 Å². The third kappa shape index (κ3) is 1.81. The first-order valence-electron chi connectivity index (χ1n) is 7.30. The third-order valence-corrected chi connectivity index (χ3v) is 4.61. The van der Waals surface area contributed by atoms with Crippen LogP contribution in [0.3, 0.4) is 0 Å². The molecule has 0 unspecified atom stereocenters. The van der Waals surface area contributed by atoms with Gasteiger partial charge in [-0.25, -0.2) is 0 Å². The average molecular weight is 280 g/mol. The number of rotatable bonds is 2. The molecule has 4 rings (SSSR count). The van der Waals surface area contributed by atoms with Gasteiger partial charge in [-0.3, -0.25) is 4.79 Å². The Labute approximate surface area is 123 Å². The number of hydrogen-bond donors (Lipinski definition) is 1. The number of hydrogen-bond acceptors (Lipinski definition) is 3. The van der Waals surface area contributed by atoms with Crippen LogP contribution in [-0.2, 0) is 9.53 Å². The predicted molar refractivity (Wildman–Crippen MR) is 78.8 cm³/mol. The molecule has 1 aliphatic heterocycles. The Bertz CT molecular complexity index is 662. The van der Waals surface area contributed by atoms with Crippen LogP contribution in [0.5, 0.6) is 0 Å². The molecule has 0 saturated carbocycles. The lowest BCUT2D eigenvalue weighted by molar-refractivity contribution is -0.144. The molecule has 2 aromatic rings. The predicted octanol–water partition coefficient (Wildman–Crippen LogP) is 2.72. The van der Waals surface area contributed by atoms with Crippen molar-refractivity contribution in [3.63, 3.8) is 0 Å². The van der Waals surface area contributed by atoms with Gasteiger partial charge in [-0.15, -0.1) is 0 Å². The molecule has 2 aliphatic rings. The van der Waals surface area contributed by atoms with Crippen molar-refractivity contribution in [2.45, 2.75) is 18.4 Å². The number of benzene rings is 2. The van der Waals surface area contributed by atoms with Gasteiger partial charge in [0.2, 0.25) is 0 Å². The summed E-state index contributed by atoms with van der Waals surface area (Å²) in [5.41, 5.74) is 4.52. The Balaban J connectivity index is 1.83. The zero-order valence-corrected chi connectivity index (χ0v) is 11.5. The number of fused-ring (bicyclic) bond motifs is 3. The van der Waals surface area contributed by atoms with E-state index in [2.05, 4.69) is 12.1 Å². The Kier molecular flexibility index (Phi) is 2.82. The maximum atomic E-state index is 11.8. The van der Waals surface area contributed by atoms with Crippen molar-refractivity contribution in [3.05, 3.63) is 59.7 Å². The van der Waals surface area contributed by atoms with E-state index in [0.29, 0.717) is 13.0 Å². The lowest BCUT2D eigenvalue weighted by Gasteiger charge is -2.23. The number of carbonyl (C=O) groups excluding carboxylic acids is 1. The highest BCUT2D eigenvalue weighted by molar-refractivity contribution is 5.80. The second-order valence-electron chi connectivity index (χ2n) is 5.71. The van der Waals surface area contributed by atoms with E-state index in [9.17, 15) is 9.90 Å². The lowest BCUT2D eigenvalue weighted by Crippen LogP contribution is -2.30. The average Bonchev–Trinajstić information content (AvgIpc) is 3.08. The van der Waals surface area contributed by atoms with Gasteiger partial charge in [-0.05, 0) is 28.7 Å². The van der Waals surface area contributed by atoms with Gasteiger partial charge in [0.15, 0.2) is 0 Å². The molecule has 1 saturated heterocycles. The summed E-state index contributed by atoms with van der Waals surface area (Å²) in [5.74, 6) is -0.841. The van der Waals surface area contributed by atoms with E-state index in [4.69, 9.17) is 4.74 Å². The van der Waals surface area contributed by atoms with Crippen molar-refractivity contribution in [1.82, 2.24) is 0 Å². The lowest BCUT2D eigenvalue weighted by atomic mass is 9.83. The molecule has 0 bridgehead atoms. The van der Waals surface area contributed by atoms with E-state index < -0.39 is 12.0 Å². The molecule has 1 fully saturated rings. The molecule has 2 atom stereocenters. The highest BCUT2D eigenvalue weighted by atomic mass is 16.5. The standard InChI is InChI=1S/C18H16O3/c19-17(15-9-10-21-18(15)20)16-13-7-3-1-5-11(13)12-6-2-4-8-14(12)16/h1-8,15-17,19H,9-10H2/t15-,17-/m0/s1. The monoisotopic (exact) mass is 280 g/mol. The molecular weight excluding hydrogens is 264 g/mol. The van der Waals surface area contributed by atoms with E-state index in [1.165, 1.54) is 0 Å². The van der Waals surface area contributed by atoms with Gasteiger partial charge < -0.3 is 9.84 Å². The number of aliphatic hydroxyl groups excluding tert-OH is 1. The summed E-state index contributed by atoms with van der Waals surface area (Å²) in [6.07, 6.45) is -0.134. The molecule has 1 N–H and O–H groups in total. The first kappa shape index (κ1) is 12.6. The minimum atomic E-state index is -0.732. The number of carbonyl (C=O) groups is 1. The van der Waals surface area contributed by atoms with Crippen LogP contribution in [0.4, 0.5) is 0 Å². The molecule has 0 amide bonds. The zero-order valence-electron chi connectivity index (χ0n) is 11.5. The minimum Gasteiger partial charge on any atom is -0.465 e. The summed E-state index contributed by atoms with van der Waals surface area (Å²) in [7, 11) is 0. The smallest absolute Gasteiger partial charge is 0.311 e. The molecule has 3 heteroatoms. The molecule has 1 aliphatic carbocycles. The Morgan fingerprint density at radius 2 is 1.57 bits per heavy atom. The van der Waals surface area contributed by atoms with Crippen LogP contribution in [0, 0.1) is 5.92 Å². The molecule has 2 aromatic carbocycles. The Morgan fingerprint density at radius 1 is 1.00 bits per heavy atom. The fraction of sp³-hybridized carbons (Fsp3) is 0.278. The van der Waals surface area contributed by atoms with Gasteiger partial charge in [0, 0.05) is 5.92 Å². The first-order valence-corrected chi connectivity index (χ1v) is 7.30. The summed E-state index contributed by atoms with van der Waals surface area (Å²) < 4.78 is 5.02. The van der Waals surface area contributed by atoms with E-state index in [1.807, 2.05) is 36.4 Å². The highest BCUT2D eigenvalue weighted by Crippen LogP contribution is 2.48. The number of cyclic esters (lactones) is 1. The number of ether oxygens (including phenoxy) is 1. The van der Waals surface area contributed by atoms with Gasteiger partial charge in [0.25, 0.3) is 0 Å². The molecule has 0 spiro atoms. The fourth-order valence-corrected chi connectivity index (χ4v) is 3.62. The van der Waals surface area contributed by atoms with Crippen molar-refractivity contribution in [3.8, 4) is 11.1 Å². The summed E-state index contributed by atoms with van der Waals surface area (Å²) >= 11 is 0. The summed E-state index contributed by atoms with van der Waals surface area (Å²) in [6, 6.07) is 16.2. The number of aliphatic hydroxyl groups is 1. The number of esters is 1. The van der Waals surface area contributed by atoms with Crippen LogP contribution in [0.25, 0.3) is 11.1 Å². The van der Waals surface area contributed by atoms with Crippen LogP contribution in [0.1, 0.15) is 23.5 Å². The normalized spacial score (nSPS) is 21.8. The second kappa shape index (κ2) is 4.71. The van der Waals surface area contributed by atoms with Gasteiger partial charge in [-0.2, -0.15) is 0 Å². The largest absolute Gasteiger partial charge is 0.465 e. The molecule has 0 radical (unpaired) electrons. The Hall–Kier alpha value is -2.13. The zero-order chi connectivity index (χ0) is 14.4. The molecular formula is C18H16O3. The third-order valence-electron chi connectivity index (χ3n) is 4.61. The van der Waals surface area contributed by atoms with Crippen LogP contribution in [0.2, 0.25) is 0 Å². The van der Waals surface area contributed by atoms with Gasteiger partial charge in [-0.1, -0.05) is 48.5 Å². The SMILES string of the molecule is O=C1OCC[C@H]1[C@H](O)C1c2ccccc2-c2ccccc21.